The molecule has 0 radical (unpaired) electrons. The minimum atomic E-state index is -0.658. The fourth-order valence-corrected chi connectivity index (χ4v) is 7.24. The van der Waals surface area contributed by atoms with Crippen LogP contribution in [0.4, 0.5) is 9.59 Å². The average Bonchev–Trinajstić information content (AvgIpc) is 3.76. The Labute approximate surface area is 342 Å². The van der Waals surface area contributed by atoms with Gasteiger partial charge in [0.1, 0.15) is 24.9 Å². The molecule has 2 aliphatic heterocycles. The molecular weight excluding hydrogens is 751 g/mol. The molecule has 57 heavy (non-hydrogen) atoms. The monoisotopic (exact) mass is 813 g/mol. The first-order valence-corrected chi connectivity index (χ1v) is 21.0. The highest BCUT2D eigenvalue weighted by molar-refractivity contribution is 7.79. The number of likely N-dealkylation sites (N-methyl/N-ethyl adjacent to an activating group) is 1. The third kappa shape index (κ3) is 14.4. The van der Waals surface area contributed by atoms with Crippen LogP contribution in [0.25, 0.3) is 0 Å². The summed E-state index contributed by atoms with van der Waals surface area (Å²) in [5.41, 5.74) is 14.4. The van der Waals surface area contributed by atoms with Crippen molar-refractivity contribution in [3.63, 3.8) is 0 Å². The van der Waals surface area contributed by atoms with Gasteiger partial charge in [0.05, 0.1) is 26.5 Å². The van der Waals surface area contributed by atoms with E-state index in [1.165, 1.54) is 0 Å². The molecule has 3 aliphatic rings. The molecule has 2 heterocycles. The lowest BCUT2D eigenvalue weighted by Gasteiger charge is -2.37. The zero-order valence-electron chi connectivity index (χ0n) is 33.5. The topological polar surface area (TPSA) is 191 Å². The van der Waals surface area contributed by atoms with Crippen molar-refractivity contribution in [1.82, 2.24) is 25.3 Å². The molecule has 2 unspecified atom stereocenters. The van der Waals surface area contributed by atoms with Crippen molar-refractivity contribution >= 4 is 36.6 Å². The van der Waals surface area contributed by atoms with E-state index in [1.807, 2.05) is 61.5 Å². The SMILES string of the molecule is CCN(CCNC(=O)COCC1OCC[C@@H](OC(=O)N2CCN(C(=O)C3CCC(CN)CC3)C2)C1OCc1ccccc1)C(=O)NCc1ccc(CN)cc1.CS. The summed E-state index contributed by atoms with van der Waals surface area (Å²) in [6, 6.07) is 17.2. The van der Waals surface area contributed by atoms with Crippen LogP contribution in [0.1, 0.15) is 55.7 Å². The van der Waals surface area contributed by atoms with Crippen LogP contribution in [-0.4, -0.2) is 129 Å². The molecule has 3 fully saturated rings. The number of nitrogens with one attached hydrogen (secondary N) is 2. The van der Waals surface area contributed by atoms with Crippen LogP contribution in [0.5, 0.6) is 0 Å². The van der Waals surface area contributed by atoms with E-state index in [0.717, 1.165) is 42.4 Å². The van der Waals surface area contributed by atoms with Gasteiger partial charge in [-0.05, 0) is 68.0 Å². The third-order valence-electron chi connectivity index (χ3n) is 10.7. The van der Waals surface area contributed by atoms with E-state index < -0.39 is 24.4 Å². The van der Waals surface area contributed by atoms with Gasteiger partial charge in [-0.1, -0.05) is 54.6 Å². The van der Waals surface area contributed by atoms with Gasteiger partial charge in [-0.3, -0.25) is 14.5 Å². The number of ether oxygens (including phenoxy) is 4. The first-order chi connectivity index (χ1) is 27.8. The number of thiol groups is 1. The summed E-state index contributed by atoms with van der Waals surface area (Å²) < 4.78 is 24.2. The summed E-state index contributed by atoms with van der Waals surface area (Å²) in [7, 11) is 0. The summed E-state index contributed by atoms with van der Waals surface area (Å²) in [6.45, 7) is 5.89. The van der Waals surface area contributed by atoms with Crippen molar-refractivity contribution in [2.75, 3.05) is 72.0 Å². The first-order valence-electron chi connectivity index (χ1n) is 20.1. The Kier molecular flexibility index (Phi) is 19.9. The smallest absolute Gasteiger partial charge is 0.411 e. The van der Waals surface area contributed by atoms with Crippen LogP contribution in [0.15, 0.2) is 54.6 Å². The zero-order valence-corrected chi connectivity index (χ0v) is 34.4. The van der Waals surface area contributed by atoms with Gasteiger partial charge in [0, 0.05) is 58.2 Å². The van der Waals surface area contributed by atoms with Crippen LogP contribution in [0.2, 0.25) is 0 Å². The molecule has 2 aromatic carbocycles. The van der Waals surface area contributed by atoms with Crippen LogP contribution in [-0.2, 0) is 48.2 Å². The largest absolute Gasteiger partial charge is 0.443 e. The predicted molar refractivity (Wildman–Crippen MR) is 220 cm³/mol. The van der Waals surface area contributed by atoms with Gasteiger partial charge in [-0.2, -0.15) is 12.6 Å². The first kappa shape index (κ1) is 45.8. The van der Waals surface area contributed by atoms with Gasteiger partial charge < -0.3 is 50.8 Å². The highest BCUT2D eigenvalue weighted by atomic mass is 32.1. The minimum absolute atomic E-state index is 0.0260. The Balaban J connectivity index is 0.00000354. The number of carbonyl (C=O) groups is 4. The summed E-state index contributed by atoms with van der Waals surface area (Å²) >= 11 is 3.53. The Morgan fingerprint density at radius 1 is 0.895 bits per heavy atom. The lowest BCUT2D eigenvalue weighted by Crippen LogP contribution is -2.51. The molecule has 316 valence electrons. The molecule has 5 rings (SSSR count). The number of carbonyl (C=O) groups excluding carboxylic acids is 4. The molecule has 5 amide bonds. The van der Waals surface area contributed by atoms with Crippen LogP contribution in [0.3, 0.4) is 0 Å². The van der Waals surface area contributed by atoms with Gasteiger partial charge in [0.15, 0.2) is 0 Å². The average molecular weight is 814 g/mol. The molecule has 0 bridgehead atoms. The second kappa shape index (κ2) is 24.8. The Bertz CT molecular complexity index is 1520. The van der Waals surface area contributed by atoms with Crippen molar-refractivity contribution in [1.29, 1.82) is 0 Å². The van der Waals surface area contributed by atoms with E-state index >= 15 is 0 Å². The summed E-state index contributed by atoms with van der Waals surface area (Å²) in [6.07, 6.45) is 3.31. The molecule has 1 aliphatic carbocycles. The standard InChI is InChI=1S/C40H59N7O8.CH4S/c1-2-45(39(50)44-24-31-10-8-29(22-41)9-11-31)18-17-43-36(48)27-52-26-35-37(54-25-32-6-4-3-5-7-32)34(16-21-53-35)55-40(51)47-20-19-46(28-47)38(49)33-14-12-30(23-42)13-15-33;1-2/h3-11,30,33-35,37H,2,12-28,41-42H2,1H3,(H,43,48)(H,44,50);2H,1H3/t30?,33?,34-,35?,37?;/m1./s1. The summed E-state index contributed by atoms with van der Waals surface area (Å²) in [4.78, 5) is 57.1. The number of benzene rings is 2. The quantitative estimate of drug-likeness (QED) is 0.149. The second-order valence-corrected chi connectivity index (χ2v) is 14.5. The third-order valence-corrected chi connectivity index (χ3v) is 10.7. The van der Waals surface area contributed by atoms with Crippen LogP contribution < -0.4 is 22.1 Å². The molecule has 15 nitrogen and oxygen atoms in total. The normalized spacial score (nSPS) is 21.9. The number of urea groups is 1. The van der Waals surface area contributed by atoms with Gasteiger partial charge in [-0.25, -0.2) is 9.59 Å². The maximum absolute atomic E-state index is 13.4. The molecule has 0 spiro atoms. The fourth-order valence-electron chi connectivity index (χ4n) is 7.24. The van der Waals surface area contributed by atoms with Gasteiger partial charge in [-0.15, -0.1) is 0 Å². The van der Waals surface area contributed by atoms with Crippen molar-refractivity contribution in [3.8, 4) is 0 Å². The lowest BCUT2D eigenvalue weighted by molar-refractivity contribution is -0.182. The van der Waals surface area contributed by atoms with Crippen LogP contribution >= 0.6 is 12.6 Å². The molecule has 3 atom stereocenters. The second-order valence-electron chi connectivity index (χ2n) is 14.5. The van der Waals surface area contributed by atoms with E-state index in [9.17, 15) is 19.2 Å². The van der Waals surface area contributed by atoms with E-state index in [4.69, 9.17) is 30.4 Å². The van der Waals surface area contributed by atoms with Crippen LogP contribution in [0, 0.1) is 11.8 Å². The Morgan fingerprint density at radius 2 is 1.60 bits per heavy atom. The summed E-state index contributed by atoms with van der Waals surface area (Å²) in [5.74, 6) is 0.216. The maximum Gasteiger partial charge on any atom is 0.411 e. The van der Waals surface area contributed by atoms with Crippen molar-refractivity contribution in [2.24, 2.45) is 23.3 Å². The van der Waals surface area contributed by atoms with Crippen molar-refractivity contribution < 1.29 is 38.1 Å². The van der Waals surface area contributed by atoms with E-state index in [2.05, 4.69) is 23.3 Å². The zero-order chi connectivity index (χ0) is 41.0. The van der Waals surface area contributed by atoms with Gasteiger partial charge in [0.2, 0.25) is 11.8 Å². The molecule has 0 aromatic heterocycles. The number of hydrogen-bond acceptors (Lipinski definition) is 11. The number of nitrogens with two attached hydrogens (primary N) is 2. The van der Waals surface area contributed by atoms with E-state index in [1.54, 1.807) is 21.0 Å². The fraction of sp³-hybridized carbons (Fsp3) is 0.610. The number of nitrogens with zero attached hydrogens (tertiary/aromatic N) is 3. The number of hydrogen-bond donors (Lipinski definition) is 5. The molecule has 2 saturated heterocycles. The number of amides is 5. The summed E-state index contributed by atoms with van der Waals surface area (Å²) in [5, 5.41) is 5.72. The highest BCUT2D eigenvalue weighted by Gasteiger charge is 2.40. The van der Waals surface area contributed by atoms with Crippen molar-refractivity contribution in [3.05, 3.63) is 71.3 Å². The Hall–Kier alpha value is -3.93. The van der Waals surface area contributed by atoms with Gasteiger partial charge in [0.25, 0.3) is 0 Å². The molecule has 6 N–H and O–H groups in total. The maximum atomic E-state index is 13.4. The van der Waals surface area contributed by atoms with E-state index in [0.29, 0.717) is 64.8 Å². The highest BCUT2D eigenvalue weighted by Crippen LogP contribution is 2.30. The minimum Gasteiger partial charge on any atom is -0.443 e. The molecular formula is C41H63N7O8S. The molecule has 2 aromatic rings. The van der Waals surface area contributed by atoms with Gasteiger partial charge >= 0.3 is 12.1 Å². The Morgan fingerprint density at radius 3 is 2.28 bits per heavy atom. The number of rotatable bonds is 17. The molecule has 16 heteroatoms. The predicted octanol–water partition coefficient (Wildman–Crippen LogP) is 3.10. The van der Waals surface area contributed by atoms with Crippen molar-refractivity contribution in [2.45, 2.75) is 77.0 Å². The molecule has 1 saturated carbocycles. The van der Waals surface area contributed by atoms with E-state index in [-0.39, 0.29) is 56.8 Å². The lowest BCUT2D eigenvalue weighted by atomic mass is 9.81.